The van der Waals surface area contributed by atoms with Gasteiger partial charge in [0.2, 0.25) is 0 Å². The molecule has 116 valence electrons. The molecule has 0 radical (unpaired) electrons. The zero-order chi connectivity index (χ0) is 15.2. The Hall–Kier alpha value is -1.51. The highest BCUT2D eigenvalue weighted by molar-refractivity contribution is 5.81. The third kappa shape index (κ3) is 4.23. The molecule has 1 amide bonds. The molecule has 1 aliphatic rings. The van der Waals surface area contributed by atoms with Crippen molar-refractivity contribution in [3.63, 3.8) is 0 Å². The minimum absolute atomic E-state index is 0.117. The van der Waals surface area contributed by atoms with Crippen LogP contribution in [0.2, 0.25) is 0 Å². The Morgan fingerprint density at radius 1 is 1.33 bits per heavy atom. The van der Waals surface area contributed by atoms with Gasteiger partial charge in [0.1, 0.15) is 5.75 Å². The monoisotopic (exact) mass is 289 g/mol. The van der Waals surface area contributed by atoms with Crippen molar-refractivity contribution in [2.75, 3.05) is 7.05 Å². The average molecular weight is 289 g/mol. The summed E-state index contributed by atoms with van der Waals surface area (Å²) in [7, 11) is 1.93. The van der Waals surface area contributed by atoms with Crippen molar-refractivity contribution < 1.29 is 9.53 Å². The predicted molar refractivity (Wildman–Crippen MR) is 85.5 cm³/mol. The molecule has 21 heavy (non-hydrogen) atoms. The van der Waals surface area contributed by atoms with Gasteiger partial charge in [-0.2, -0.15) is 0 Å². The second-order valence-corrected chi connectivity index (χ2v) is 6.07. The summed E-state index contributed by atoms with van der Waals surface area (Å²) in [6.07, 6.45) is 6.35. The van der Waals surface area contributed by atoms with Crippen LogP contribution in [0.25, 0.3) is 0 Å². The zero-order valence-corrected chi connectivity index (χ0v) is 13.5. The third-order valence-corrected chi connectivity index (χ3v) is 4.38. The summed E-state index contributed by atoms with van der Waals surface area (Å²) < 4.78 is 5.93. The number of carbonyl (C=O) groups is 1. The van der Waals surface area contributed by atoms with E-state index in [2.05, 4.69) is 0 Å². The highest BCUT2D eigenvalue weighted by atomic mass is 16.5. The summed E-state index contributed by atoms with van der Waals surface area (Å²) in [4.78, 5) is 14.6. The van der Waals surface area contributed by atoms with Crippen LogP contribution in [0.15, 0.2) is 24.3 Å². The summed E-state index contributed by atoms with van der Waals surface area (Å²) in [5.41, 5.74) is 1.15. The third-order valence-electron chi connectivity index (χ3n) is 4.38. The van der Waals surface area contributed by atoms with E-state index in [1.165, 1.54) is 19.3 Å². The number of hydrogen-bond donors (Lipinski definition) is 0. The maximum Gasteiger partial charge on any atom is 0.263 e. The molecule has 0 spiro atoms. The molecule has 1 saturated carbocycles. The van der Waals surface area contributed by atoms with Crippen LogP contribution in [0.5, 0.6) is 5.75 Å². The van der Waals surface area contributed by atoms with E-state index < -0.39 is 0 Å². The molecule has 1 atom stereocenters. The molecule has 0 aliphatic heterocycles. The number of likely N-dealkylation sites (N-methyl/N-ethyl adjacent to an activating group) is 1. The zero-order valence-electron chi connectivity index (χ0n) is 13.5. The van der Waals surface area contributed by atoms with Crippen molar-refractivity contribution in [3.05, 3.63) is 29.8 Å². The average Bonchev–Trinajstić information content (AvgIpc) is 2.52. The number of nitrogens with zero attached hydrogens (tertiary/aromatic N) is 1. The van der Waals surface area contributed by atoms with Gasteiger partial charge in [0.05, 0.1) is 0 Å². The van der Waals surface area contributed by atoms with E-state index >= 15 is 0 Å². The van der Waals surface area contributed by atoms with Crippen LogP contribution in [0.1, 0.15) is 51.0 Å². The van der Waals surface area contributed by atoms with Gasteiger partial charge in [0.25, 0.3) is 5.91 Å². The first kappa shape index (κ1) is 15.9. The Bertz CT molecular complexity index is 466. The fourth-order valence-electron chi connectivity index (χ4n) is 3.04. The van der Waals surface area contributed by atoms with Crippen LogP contribution in [0.4, 0.5) is 0 Å². The van der Waals surface area contributed by atoms with Crippen molar-refractivity contribution in [2.45, 2.75) is 64.5 Å². The van der Waals surface area contributed by atoms with Gasteiger partial charge in [0.15, 0.2) is 6.10 Å². The van der Waals surface area contributed by atoms with Gasteiger partial charge in [-0.25, -0.2) is 0 Å². The maximum atomic E-state index is 12.7. The molecule has 1 fully saturated rings. The molecular weight excluding hydrogens is 262 g/mol. The molecule has 0 saturated heterocycles. The van der Waals surface area contributed by atoms with E-state index in [1.807, 2.05) is 50.1 Å². The molecule has 3 nitrogen and oxygen atoms in total. The molecule has 2 rings (SSSR count). The SMILES string of the molecule is CCC(Oc1cccc(C)c1)C(=O)N(C)C1CCCCC1. The van der Waals surface area contributed by atoms with Crippen LogP contribution in [-0.2, 0) is 4.79 Å². The first-order valence-corrected chi connectivity index (χ1v) is 8.11. The Balaban J connectivity index is 2.00. The lowest BCUT2D eigenvalue weighted by Crippen LogP contribution is -2.45. The molecule has 3 heteroatoms. The van der Waals surface area contributed by atoms with E-state index in [-0.39, 0.29) is 12.0 Å². The summed E-state index contributed by atoms with van der Waals surface area (Å²) in [6.45, 7) is 4.04. The number of ether oxygens (including phenoxy) is 1. The van der Waals surface area contributed by atoms with E-state index in [1.54, 1.807) is 0 Å². The fraction of sp³-hybridized carbons (Fsp3) is 0.611. The normalized spacial score (nSPS) is 17.3. The molecule has 0 bridgehead atoms. The summed E-state index contributed by atoms with van der Waals surface area (Å²) in [5.74, 6) is 0.901. The van der Waals surface area contributed by atoms with Gasteiger partial charge >= 0.3 is 0 Å². The van der Waals surface area contributed by atoms with Crippen molar-refractivity contribution in [3.8, 4) is 5.75 Å². The first-order chi connectivity index (χ1) is 10.1. The van der Waals surface area contributed by atoms with E-state index in [0.717, 1.165) is 24.2 Å². The Kier molecular flexibility index (Phi) is 5.66. The number of benzene rings is 1. The maximum absolute atomic E-state index is 12.7. The van der Waals surface area contributed by atoms with Gasteiger partial charge in [-0.15, -0.1) is 0 Å². The molecule has 1 unspecified atom stereocenters. The van der Waals surface area contributed by atoms with Gasteiger partial charge in [-0.1, -0.05) is 38.3 Å². The van der Waals surface area contributed by atoms with Crippen molar-refractivity contribution in [2.24, 2.45) is 0 Å². The van der Waals surface area contributed by atoms with Crippen LogP contribution < -0.4 is 4.74 Å². The van der Waals surface area contributed by atoms with Gasteiger partial charge in [-0.05, 0) is 43.9 Å². The summed E-state index contributed by atoms with van der Waals surface area (Å²) in [5, 5.41) is 0. The van der Waals surface area contributed by atoms with Crippen molar-refractivity contribution in [1.29, 1.82) is 0 Å². The Morgan fingerprint density at radius 3 is 2.67 bits per heavy atom. The second-order valence-electron chi connectivity index (χ2n) is 6.07. The number of aryl methyl sites for hydroxylation is 1. The molecule has 0 N–H and O–H groups in total. The van der Waals surface area contributed by atoms with Gasteiger partial charge in [0, 0.05) is 13.1 Å². The Morgan fingerprint density at radius 2 is 2.05 bits per heavy atom. The number of carbonyl (C=O) groups excluding carboxylic acids is 1. The van der Waals surface area contributed by atoms with E-state index in [4.69, 9.17) is 4.74 Å². The van der Waals surface area contributed by atoms with E-state index in [9.17, 15) is 4.79 Å². The number of amides is 1. The minimum atomic E-state index is -0.376. The van der Waals surface area contributed by atoms with Crippen LogP contribution in [0.3, 0.4) is 0 Å². The predicted octanol–water partition coefficient (Wildman–Crippen LogP) is 3.94. The molecular formula is C18H27NO2. The lowest BCUT2D eigenvalue weighted by atomic mass is 9.94. The van der Waals surface area contributed by atoms with Crippen LogP contribution in [0, 0.1) is 6.92 Å². The molecule has 1 aromatic rings. The lowest BCUT2D eigenvalue weighted by molar-refractivity contribution is -0.140. The standard InChI is InChI=1S/C18H27NO2/c1-4-17(21-16-12-8-9-14(2)13-16)18(20)19(3)15-10-6-5-7-11-15/h8-9,12-13,15,17H,4-7,10-11H2,1-3H3. The van der Waals surface area contributed by atoms with Gasteiger partial charge in [-0.3, -0.25) is 4.79 Å². The lowest BCUT2D eigenvalue weighted by Gasteiger charge is -2.33. The first-order valence-electron chi connectivity index (χ1n) is 8.11. The molecule has 0 aromatic heterocycles. The second kappa shape index (κ2) is 7.48. The topological polar surface area (TPSA) is 29.5 Å². The highest BCUT2D eigenvalue weighted by Crippen LogP contribution is 2.23. The molecule has 1 aromatic carbocycles. The smallest absolute Gasteiger partial charge is 0.263 e. The highest BCUT2D eigenvalue weighted by Gasteiger charge is 2.28. The summed E-state index contributed by atoms with van der Waals surface area (Å²) >= 11 is 0. The largest absolute Gasteiger partial charge is 0.481 e. The van der Waals surface area contributed by atoms with Crippen molar-refractivity contribution >= 4 is 5.91 Å². The van der Waals surface area contributed by atoms with E-state index in [0.29, 0.717) is 12.5 Å². The van der Waals surface area contributed by atoms with Gasteiger partial charge < -0.3 is 9.64 Å². The van der Waals surface area contributed by atoms with Crippen LogP contribution >= 0.6 is 0 Å². The summed E-state index contributed by atoms with van der Waals surface area (Å²) in [6, 6.07) is 8.29. The Labute approximate surface area is 128 Å². The minimum Gasteiger partial charge on any atom is -0.481 e. The number of hydrogen-bond acceptors (Lipinski definition) is 2. The molecule has 0 heterocycles. The quantitative estimate of drug-likeness (QED) is 0.821. The number of rotatable bonds is 5. The molecule has 1 aliphatic carbocycles. The van der Waals surface area contributed by atoms with Crippen molar-refractivity contribution in [1.82, 2.24) is 4.90 Å². The van der Waals surface area contributed by atoms with Crippen LogP contribution in [-0.4, -0.2) is 30.0 Å². The fourth-order valence-corrected chi connectivity index (χ4v) is 3.04.